The van der Waals surface area contributed by atoms with E-state index < -0.39 is 18.1 Å². The predicted molar refractivity (Wildman–Crippen MR) is 105 cm³/mol. The maximum Gasteiger partial charge on any atom is 0.416 e. The topological polar surface area (TPSA) is 48.0 Å². The third kappa shape index (κ3) is 3.27. The van der Waals surface area contributed by atoms with Crippen LogP contribution in [-0.4, -0.2) is 29.1 Å². The van der Waals surface area contributed by atoms with Crippen LogP contribution in [0.25, 0.3) is 0 Å². The van der Waals surface area contributed by atoms with Gasteiger partial charge in [0.2, 0.25) is 0 Å². The van der Waals surface area contributed by atoms with Crippen LogP contribution in [0, 0.1) is 0 Å². The van der Waals surface area contributed by atoms with E-state index in [0.29, 0.717) is 12.2 Å². The smallest absolute Gasteiger partial charge is 0.416 e. The zero-order valence-corrected chi connectivity index (χ0v) is 16.4. The number of amides is 1. The molecule has 2 aliphatic heterocycles. The molecule has 0 N–H and O–H groups in total. The van der Waals surface area contributed by atoms with E-state index in [0.717, 1.165) is 11.1 Å². The molecule has 5 nitrogen and oxygen atoms in total. The summed E-state index contributed by atoms with van der Waals surface area (Å²) in [5.74, 6) is -0.728. The number of hydrogen-bond donors (Lipinski definition) is 0. The van der Waals surface area contributed by atoms with Crippen molar-refractivity contribution >= 4 is 6.09 Å². The summed E-state index contributed by atoms with van der Waals surface area (Å²) < 4.78 is 17.8. The van der Waals surface area contributed by atoms with Gasteiger partial charge in [0.1, 0.15) is 6.04 Å². The number of ether oxygens (including phenoxy) is 3. The van der Waals surface area contributed by atoms with Crippen LogP contribution in [0.4, 0.5) is 4.79 Å². The molecule has 2 aliphatic rings. The molecule has 1 saturated heterocycles. The van der Waals surface area contributed by atoms with Gasteiger partial charge in [0.15, 0.2) is 0 Å². The van der Waals surface area contributed by atoms with Crippen LogP contribution in [0.3, 0.4) is 0 Å². The predicted octanol–water partition coefficient (Wildman–Crippen LogP) is 5.00. The first-order chi connectivity index (χ1) is 13.5. The second kappa shape index (κ2) is 7.32. The second-order valence-corrected chi connectivity index (χ2v) is 7.44. The lowest BCUT2D eigenvalue weighted by Crippen LogP contribution is -2.52. The van der Waals surface area contributed by atoms with Gasteiger partial charge >= 0.3 is 12.1 Å². The van der Waals surface area contributed by atoms with Crippen molar-refractivity contribution in [2.75, 3.05) is 0 Å². The summed E-state index contributed by atoms with van der Waals surface area (Å²) in [5.41, 5.74) is 2.02. The number of rotatable bonds is 5. The second-order valence-electron chi connectivity index (χ2n) is 7.44. The van der Waals surface area contributed by atoms with Crippen molar-refractivity contribution in [1.29, 1.82) is 0 Å². The molecular formula is C23H25NO4. The Morgan fingerprint density at radius 3 is 2.11 bits per heavy atom. The minimum atomic E-state index is -1.42. The van der Waals surface area contributed by atoms with Gasteiger partial charge < -0.3 is 14.2 Å². The van der Waals surface area contributed by atoms with Gasteiger partial charge in [0.25, 0.3) is 0 Å². The van der Waals surface area contributed by atoms with E-state index >= 15 is 0 Å². The Morgan fingerprint density at radius 1 is 1.00 bits per heavy atom. The number of carbonyl (C=O) groups is 1. The van der Waals surface area contributed by atoms with Gasteiger partial charge in [-0.1, -0.05) is 60.7 Å². The maximum atomic E-state index is 13.1. The van der Waals surface area contributed by atoms with Gasteiger partial charge in [-0.25, -0.2) is 4.79 Å². The quantitative estimate of drug-likeness (QED) is 0.733. The van der Waals surface area contributed by atoms with Crippen molar-refractivity contribution < 1.29 is 19.0 Å². The third-order valence-corrected chi connectivity index (χ3v) is 5.02. The Kier molecular flexibility index (Phi) is 4.85. The number of allylic oxidation sites excluding steroid dienone is 1. The maximum absolute atomic E-state index is 13.1. The number of fused-ring (bicyclic) bond motifs is 1. The van der Waals surface area contributed by atoms with E-state index in [1.807, 2.05) is 87.5 Å². The Bertz CT molecular complexity index is 825. The fraction of sp³-hybridized carbons (Fsp3) is 0.348. The standard InChI is InChI=1S/C23H25NO4/c1-16(2)26-23-20(15-14-17(3)27-23)24(22(25)28-23)21(18-10-6-4-7-11-18)19-12-8-5-9-13-19/h4-14,16,20-21H,15H2,1-3H3. The number of hydrogen-bond acceptors (Lipinski definition) is 4. The van der Waals surface area contributed by atoms with E-state index in [1.54, 1.807) is 4.90 Å². The summed E-state index contributed by atoms with van der Waals surface area (Å²) in [5, 5.41) is 0. The molecule has 146 valence electrons. The van der Waals surface area contributed by atoms with Crippen molar-refractivity contribution in [2.24, 2.45) is 0 Å². The minimum absolute atomic E-state index is 0.159. The molecule has 2 atom stereocenters. The van der Waals surface area contributed by atoms with Gasteiger partial charge in [-0.3, -0.25) is 4.90 Å². The van der Waals surface area contributed by atoms with Crippen LogP contribution in [0.15, 0.2) is 72.5 Å². The van der Waals surface area contributed by atoms with Gasteiger partial charge in [0, 0.05) is 0 Å². The highest BCUT2D eigenvalue weighted by Gasteiger charge is 2.61. The molecule has 0 aliphatic carbocycles. The first-order valence-corrected chi connectivity index (χ1v) is 9.65. The average Bonchev–Trinajstić information content (AvgIpc) is 2.94. The lowest BCUT2D eigenvalue weighted by molar-refractivity contribution is -0.354. The van der Waals surface area contributed by atoms with Gasteiger partial charge in [-0.2, -0.15) is 0 Å². The molecule has 2 aromatic rings. The third-order valence-electron chi connectivity index (χ3n) is 5.02. The van der Waals surface area contributed by atoms with E-state index in [2.05, 4.69) is 0 Å². The summed E-state index contributed by atoms with van der Waals surface area (Å²) in [6.07, 6.45) is 1.98. The van der Waals surface area contributed by atoms with Gasteiger partial charge in [0.05, 0.1) is 17.9 Å². The fourth-order valence-corrected chi connectivity index (χ4v) is 3.96. The molecule has 0 spiro atoms. The van der Waals surface area contributed by atoms with Crippen molar-refractivity contribution in [3.63, 3.8) is 0 Å². The highest BCUT2D eigenvalue weighted by Crippen LogP contribution is 2.45. The molecular weight excluding hydrogens is 354 g/mol. The molecule has 0 saturated carbocycles. The first-order valence-electron chi connectivity index (χ1n) is 9.65. The van der Waals surface area contributed by atoms with Crippen LogP contribution in [0.2, 0.25) is 0 Å². The zero-order valence-electron chi connectivity index (χ0n) is 16.4. The Labute approximate surface area is 165 Å². The van der Waals surface area contributed by atoms with Crippen LogP contribution < -0.4 is 0 Å². The first kappa shape index (κ1) is 18.6. The molecule has 1 amide bonds. The van der Waals surface area contributed by atoms with Crippen LogP contribution in [0.5, 0.6) is 0 Å². The van der Waals surface area contributed by atoms with Crippen molar-refractivity contribution in [1.82, 2.24) is 4.90 Å². The number of nitrogens with zero attached hydrogens (tertiary/aromatic N) is 1. The summed E-state index contributed by atoms with van der Waals surface area (Å²) >= 11 is 0. The minimum Gasteiger partial charge on any atom is -0.433 e. The monoisotopic (exact) mass is 379 g/mol. The molecule has 0 radical (unpaired) electrons. The molecule has 4 rings (SSSR count). The van der Waals surface area contributed by atoms with Crippen molar-refractivity contribution in [3.8, 4) is 0 Å². The van der Waals surface area contributed by atoms with E-state index in [-0.39, 0.29) is 12.1 Å². The van der Waals surface area contributed by atoms with Gasteiger partial charge in [-0.05, 0) is 44.4 Å². The molecule has 1 fully saturated rings. The summed E-state index contributed by atoms with van der Waals surface area (Å²) in [7, 11) is 0. The van der Waals surface area contributed by atoms with Gasteiger partial charge in [-0.15, -0.1) is 0 Å². The highest BCUT2D eigenvalue weighted by atomic mass is 16.9. The molecule has 2 heterocycles. The fourth-order valence-electron chi connectivity index (χ4n) is 3.96. The summed E-state index contributed by atoms with van der Waals surface area (Å²) in [6, 6.07) is 19.3. The number of benzene rings is 2. The lowest BCUT2D eigenvalue weighted by atomic mass is 9.94. The molecule has 0 aromatic heterocycles. The highest BCUT2D eigenvalue weighted by molar-refractivity contribution is 5.73. The Hall–Kier alpha value is -2.79. The van der Waals surface area contributed by atoms with Crippen LogP contribution >= 0.6 is 0 Å². The largest absolute Gasteiger partial charge is 0.433 e. The molecule has 5 heteroatoms. The van der Waals surface area contributed by atoms with Crippen LogP contribution in [0.1, 0.15) is 44.4 Å². The number of carbonyl (C=O) groups excluding carboxylic acids is 1. The van der Waals surface area contributed by atoms with E-state index in [1.165, 1.54) is 0 Å². The normalized spacial score (nSPS) is 24.0. The SMILES string of the molecule is CC1=CCC2N(C(c3ccccc3)c3ccccc3)C(=O)OC2(OC(C)C)O1. The van der Waals surface area contributed by atoms with Crippen LogP contribution in [-0.2, 0) is 14.2 Å². The summed E-state index contributed by atoms with van der Waals surface area (Å²) in [4.78, 5) is 14.9. The molecule has 28 heavy (non-hydrogen) atoms. The lowest BCUT2D eigenvalue weighted by Gasteiger charge is -2.39. The van der Waals surface area contributed by atoms with E-state index in [4.69, 9.17) is 14.2 Å². The summed E-state index contributed by atoms with van der Waals surface area (Å²) in [6.45, 7) is 5.67. The molecule has 0 bridgehead atoms. The zero-order chi connectivity index (χ0) is 19.7. The Morgan fingerprint density at radius 2 is 1.57 bits per heavy atom. The Balaban J connectivity index is 1.81. The van der Waals surface area contributed by atoms with E-state index in [9.17, 15) is 4.79 Å². The van der Waals surface area contributed by atoms with Crippen molar-refractivity contribution in [2.45, 2.75) is 51.4 Å². The molecule has 2 unspecified atom stereocenters. The molecule has 2 aromatic carbocycles. The van der Waals surface area contributed by atoms with Crippen molar-refractivity contribution in [3.05, 3.63) is 83.6 Å². The average molecular weight is 379 g/mol.